The standard InChI is InChI=1S/C13H14N2OS/c1-9(16)12-8-17-13(14-12)10-4-6-11(7-5-10)15(2)3/h4-8H,1-3H3. The molecule has 1 aromatic carbocycles. The van der Waals surface area contributed by atoms with Crippen LogP contribution in [0.5, 0.6) is 0 Å². The Bertz CT molecular complexity index is 529. The first-order valence-electron chi connectivity index (χ1n) is 5.32. The van der Waals surface area contributed by atoms with Gasteiger partial charge in [-0.3, -0.25) is 4.79 Å². The molecule has 1 heterocycles. The molecule has 2 rings (SSSR count). The molecule has 0 N–H and O–H groups in total. The maximum absolute atomic E-state index is 11.2. The maximum Gasteiger partial charge on any atom is 0.178 e. The summed E-state index contributed by atoms with van der Waals surface area (Å²) in [5, 5.41) is 2.69. The lowest BCUT2D eigenvalue weighted by atomic mass is 10.2. The van der Waals surface area contributed by atoms with E-state index >= 15 is 0 Å². The molecule has 3 nitrogen and oxygen atoms in total. The molecule has 0 saturated heterocycles. The molecule has 0 bridgehead atoms. The molecule has 0 unspecified atom stereocenters. The summed E-state index contributed by atoms with van der Waals surface area (Å²) < 4.78 is 0. The van der Waals surface area contributed by atoms with E-state index in [0.29, 0.717) is 5.69 Å². The molecule has 0 spiro atoms. The molecule has 0 fully saturated rings. The first-order chi connectivity index (χ1) is 8.08. The molecule has 0 saturated carbocycles. The minimum absolute atomic E-state index is 0.0115. The molecule has 0 aliphatic carbocycles. The van der Waals surface area contributed by atoms with Gasteiger partial charge in [-0.25, -0.2) is 4.98 Å². The Morgan fingerprint density at radius 1 is 1.24 bits per heavy atom. The molecular weight excluding hydrogens is 232 g/mol. The normalized spacial score (nSPS) is 10.3. The number of carbonyl (C=O) groups excluding carboxylic acids is 1. The smallest absolute Gasteiger partial charge is 0.178 e. The Morgan fingerprint density at radius 2 is 1.88 bits per heavy atom. The number of rotatable bonds is 3. The third-order valence-corrected chi connectivity index (χ3v) is 3.39. The number of ketones is 1. The van der Waals surface area contributed by atoms with Crippen LogP contribution in [0.1, 0.15) is 17.4 Å². The summed E-state index contributed by atoms with van der Waals surface area (Å²) in [4.78, 5) is 17.5. The van der Waals surface area contributed by atoms with Crippen molar-refractivity contribution in [3.05, 3.63) is 35.3 Å². The van der Waals surface area contributed by atoms with E-state index in [1.807, 2.05) is 43.3 Å². The van der Waals surface area contributed by atoms with Gasteiger partial charge in [-0.2, -0.15) is 0 Å². The number of hydrogen-bond acceptors (Lipinski definition) is 4. The van der Waals surface area contributed by atoms with Crippen molar-refractivity contribution in [3.63, 3.8) is 0 Å². The zero-order valence-electron chi connectivity index (χ0n) is 10.1. The Kier molecular flexibility index (Phi) is 3.24. The van der Waals surface area contributed by atoms with Gasteiger partial charge in [-0.15, -0.1) is 11.3 Å². The van der Waals surface area contributed by atoms with E-state index in [0.717, 1.165) is 16.3 Å². The monoisotopic (exact) mass is 246 g/mol. The lowest BCUT2D eigenvalue weighted by molar-refractivity contribution is 0.101. The predicted octanol–water partition coefficient (Wildman–Crippen LogP) is 3.08. The fraction of sp³-hybridized carbons (Fsp3) is 0.231. The maximum atomic E-state index is 11.2. The van der Waals surface area contributed by atoms with Gasteiger partial charge in [0.2, 0.25) is 0 Å². The van der Waals surface area contributed by atoms with Crippen molar-refractivity contribution in [2.24, 2.45) is 0 Å². The zero-order valence-corrected chi connectivity index (χ0v) is 10.9. The van der Waals surface area contributed by atoms with Gasteiger partial charge in [0.15, 0.2) is 5.78 Å². The molecular formula is C13H14N2OS. The van der Waals surface area contributed by atoms with Crippen LogP contribution >= 0.6 is 11.3 Å². The summed E-state index contributed by atoms with van der Waals surface area (Å²) in [6, 6.07) is 8.14. The van der Waals surface area contributed by atoms with Gasteiger partial charge in [0.05, 0.1) is 0 Å². The molecule has 0 amide bonds. The quantitative estimate of drug-likeness (QED) is 0.780. The second-order valence-electron chi connectivity index (χ2n) is 4.04. The van der Waals surface area contributed by atoms with Crippen LogP contribution in [-0.2, 0) is 0 Å². The number of carbonyl (C=O) groups is 1. The van der Waals surface area contributed by atoms with E-state index < -0.39 is 0 Å². The minimum Gasteiger partial charge on any atom is -0.378 e. The highest BCUT2D eigenvalue weighted by Crippen LogP contribution is 2.25. The van der Waals surface area contributed by atoms with Crippen LogP contribution in [0.25, 0.3) is 10.6 Å². The lowest BCUT2D eigenvalue weighted by Gasteiger charge is -2.11. The molecule has 1 aromatic heterocycles. The molecule has 4 heteroatoms. The first kappa shape index (κ1) is 11.8. The highest BCUT2D eigenvalue weighted by molar-refractivity contribution is 7.13. The van der Waals surface area contributed by atoms with E-state index in [-0.39, 0.29) is 5.78 Å². The van der Waals surface area contributed by atoms with Crippen LogP contribution in [0.15, 0.2) is 29.6 Å². The fourth-order valence-corrected chi connectivity index (χ4v) is 2.34. The second kappa shape index (κ2) is 4.67. The highest BCUT2D eigenvalue weighted by Gasteiger charge is 2.07. The van der Waals surface area contributed by atoms with Gasteiger partial charge in [-0.05, 0) is 24.3 Å². The van der Waals surface area contributed by atoms with Gasteiger partial charge in [0.25, 0.3) is 0 Å². The van der Waals surface area contributed by atoms with Crippen molar-refractivity contribution in [2.75, 3.05) is 19.0 Å². The number of nitrogens with zero attached hydrogens (tertiary/aromatic N) is 2. The summed E-state index contributed by atoms with van der Waals surface area (Å²) in [5.41, 5.74) is 2.74. The van der Waals surface area contributed by atoms with E-state index in [4.69, 9.17) is 0 Å². The minimum atomic E-state index is 0.0115. The third-order valence-electron chi connectivity index (χ3n) is 2.50. The number of hydrogen-bond donors (Lipinski definition) is 0. The van der Waals surface area contributed by atoms with Crippen molar-refractivity contribution in [1.82, 2.24) is 4.98 Å². The van der Waals surface area contributed by atoms with Crippen LogP contribution in [0, 0.1) is 0 Å². The van der Waals surface area contributed by atoms with Gasteiger partial charge < -0.3 is 4.90 Å². The van der Waals surface area contributed by atoms with Gasteiger partial charge in [0, 0.05) is 37.6 Å². The van der Waals surface area contributed by atoms with Gasteiger partial charge in [-0.1, -0.05) is 0 Å². The van der Waals surface area contributed by atoms with Crippen LogP contribution in [0.3, 0.4) is 0 Å². The van der Waals surface area contributed by atoms with Crippen LogP contribution in [-0.4, -0.2) is 24.9 Å². The van der Waals surface area contributed by atoms with E-state index in [1.54, 1.807) is 5.38 Å². The number of aromatic nitrogens is 1. The van der Waals surface area contributed by atoms with E-state index in [9.17, 15) is 4.79 Å². The number of thiazole rings is 1. The lowest BCUT2D eigenvalue weighted by Crippen LogP contribution is -2.07. The molecule has 88 valence electrons. The van der Waals surface area contributed by atoms with Crippen molar-refractivity contribution < 1.29 is 4.79 Å². The average Bonchev–Trinajstić information content (AvgIpc) is 2.78. The second-order valence-corrected chi connectivity index (χ2v) is 4.89. The molecule has 17 heavy (non-hydrogen) atoms. The van der Waals surface area contributed by atoms with Crippen molar-refractivity contribution >= 4 is 22.8 Å². The first-order valence-corrected chi connectivity index (χ1v) is 6.20. The van der Waals surface area contributed by atoms with Crippen molar-refractivity contribution in [1.29, 1.82) is 0 Å². The number of anilines is 1. The number of benzene rings is 1. The van der Waals surface area contributed by atoms with Gasteiger partial charge >= 0.3 is 0 Å². The largest absolute Gasteiger partial charge is 0.378 e. The summed E-state index contributed by atoms with van der Waals surface area (Å²) in [7, 11) is 4.01. The molecule has 2 aromatic rings. The van der Waals surface area contributed by atoms with Crippen molar-refractivity contribution in [2.45, 2.75) is 6.92 Å². The van der Waals surface area contributed by atoms with Gasteiger partial charge in [0.1, 0.15) is 10.7 Å². The fourth-order valence-electron chi connectivity index (χ4n) is 1.47. The Morgan fingerprint density at radius 3 is 2.35 bits per heavy atom. The molecule has 0 radical (unpaired) electrons. The predicted molar refractivity (Wildman–Crippen MR) is 71.9 cm³/mol. The van der Waals surface area contributed by atoms with E-state index in [2.05, 4.69) is 4.98 Å². The summed E-state index contributed by atoms with van der Waals surface area (Å²) in [5.74, 6) is 0.0115. The summed E-state index contributed by atoms with van der Waals surface area (Å²) >= 11 is 1.50. The zero-order chi connectivity index (χ0) is 12.4. The highest BCUT2D eigenvalue weighted by atomic mass is 32.1. The van der Waals surface area contributed by atoms with Crippen LogP contribution in [0.4, 0.5) is 5.69 Å². The molecule has 0 aliphatic heterocycles. The summed E-state index contributed by atoms with van der Waals surface area (Å²) in [6.45, 7) is 1.54. The third kappa shape index (κ3) is 2.53. The topological polar surface area (TPSA) is 33.2 Å². The molecule has 0 atom stereocenters. The Balaban J connectivity index is 2.30. The number of Topliss-reactive ketones (excluding diaryl/α,β-unsaturated/α-hetero) is 1. The molecule has 0 aliphatic rings. The Labute approximate surface area is 105 Å². The summed E-state index contributed by atoms with van der Waals surface area (Å²) in [6.07, 6.45) is 0. The van der Waals surface area contributed by atoms with Crippen molar-refractivity contribution in [3.8, 4) is 10.6 Å². The average molecular weight is 246 g/mol. The van der Waals surface area contributed by atoms with Crippen LogP contribution in [0.2, 0.25) is 0 Å². The Hall–Kier alpha value is -1.68. The SMILES string of the molecule is CC(=O)c1csc(-c2ccc(N(C)C)cc2)n1. The van der Waals surface area contributed by atoms with E-state index in [1.165, 1.54) is 18.3 Å². The van der Waals surface area contributed by atoms with Crippen LogP contribution < -0.4 is 4.90 Å².